The maximum Gasteiger partial charge on any atom is 0.319 e. The molecule has 1 fully saturated rings. The lowest BCUT2D eigenvalue weighted by atomic mass is 9.86. The van der Waals surface area contributed by atoms with E-state index in [2.05, 4.69) is 60.9 Å². The minimum absolute atomic E-state index is 0.111. The maximum atomic E-state index is 12.6. The SMILES string of the molecule is Cc1cccc(C(C)C)c1NC(=O)NCC1CCC(Nc2nc3c(c(N(C)C)n2)CCCC3)CC1. The summed E-state index contributed by atoms with van der Waals surface area (Å²) < 4.78 is 0. The number of aryl methyl sites for hydroxylation is 2. The molecular weight excluding hydrogens is 436 g/mol. The molecule has 0 atom stereocenters. The highest BCUT2D eigenvalue weighted by atomic mass is 16.2. The van der Waals surface area contributed by atoms with Crippen LogP contribution in [0.3, 0.4) is 0 Å². The molecule has 1 saturated carbocycles. The number of carbonyl (C=O) groups excluding carboxylic acids is 1. The zero-order chi connectivity index (χ0) is 24.9. The van der Waals surface area contributed by atoms with Gasteiger partial charge in [-0.25, -0.2) is 9.78 Å². The van der Waals surface area contributed by atoms with Crippen molar-refractivity contribution in [3.63, 3.8) is 0 Å². The van der Waals surface area contributed by atoms with Crippen LogP contribution >= 0.6 is 0 Å². The number of amides is 2. The quantitative estimate of drug-likeness (QED) is 0.479. The Bertz CT molecular complexity index is 1030. The van der Waals surface area contributed by atoms with E-state index in [1.54, 1.807) is 0 Å². The lowest BCUT2D eigenvalue weighted by Crippen LogP contribution is -2.36. The van der Waals surface area contributed by atoms with Gasteiger partial charge in [0.15, 0.2) is 0 Å². The second-order valence-corrected chi connectivity index (χ2v) is 10.8. The van der Waals surface area contributed by atoms with Crippen LogP contribution in [0.15, 0.2) is 18.2 Å². The molecule has 2 amide bonds. The summed E-state index contributed by atoms with van der Waals surface area (Å²) in [7, 11) is 4.14. The number of fused-ring (bicyclic) bond motifs is 1. The van der Waals surface area contributed by atoms with E-state index in [0.717, 1.165) is 61.5 Å². The first-order valence-corrected chi connectivity index (χ1v) is 13.3. The predicted octanol–water partition coefficient (Wildman–Crippen LogP) is 5.65. The summed E-state index contributed by atoms with van der Waals surface area (Å²) in [6, 6.07) is 6.47. The highest BCUT2D eigenvalue weighted by molar-refractivity contribution is 5.91. The van der Waals surface area contributed by atoms with Gasteiger partial charge in [-0.2, -0.15) is 4.98 Å². The standard InChI is InChI=1S/C28H42N6O/c1-18(2)22-11-8-9-19(3)25(22)32-28(35)29-17-20-13-15-21(16-14-20)30-27-31-24-12-7-6-10-23(24)26(33-27)34(4)5/h8-9,11,18,20-21H,6-7,10,12-17H2,1-5H3,(H2,29,32,35)(H,30,31,33). The Hall–Kier alpha value is -2.83. The van der Waals surface area contributed by atoms with Gasteiger partial charge in [-0.05, 0) is 81.3 Å². The lowest BCUT2D eigenvalue weighted by Gasteiger charge is -2.30. The number of hydrogen-bond donors (Lipinski definition) is 3. The van der Waals surface area contributed by atoms with Crippen LogP contribution in [-0.2, 0) is 12.8 Å². The van der Waals surface area contributed by atoms with E-state index < -0.39 is 0 Å². The smallest absolute Gasteiger partial charge is 0.319 e. The summed E-state index contributed by atoms with van der Waals surface area (Å²) in [5, 5.41) is 9.83. The van der Waals surface area contributed by atoms with Crippen molar-refractivity contribution in [3.05, 3.63) is 40.6 Å². The van der Waals surface area contributed by atoms with Crippen LogP contribution in [-0.4, -0.2) is 42.7 Å². The van der Waals surface area contributed by atoms with Crippen molar-refractivity contribution in [2.24, 2.45) is 5.92 Å². The minimum Gasteiger partial charge on any atom is -0.362 e. The fourth-order valence-corrected chi connectivity index (χ4v) is 5.44. The molecular formula is C28H42N6O. The van der Waals surface area contributed by atoms with Gasteiger partial charge in [0.25, 0.3) is 0 Å². The molecule has 2 aliphatic carbocycles. The molecule has 0 unspecified atom stereocenters. The van der Waals surface area contributed by atoms with Crippen LogP contribution in [0.1, 0.15) is 80.7 Å². The molecule has 0 saturated heterocycles. The third kappa shape index (κ3) is 6.24. The Labute approximate surface area is 210 Å². The van der Waals surface area contributed by atoms with E-state index in [0.29, 0.717) is 24.4 Å². The first kappa shape index (κ1) is 25.3. The molecule has 7 heteroatoms. The highest BCUT2D eigenvalue weighted by Gasteiger charge is 2.24. The number of urea groups is 1. The number of aromatic nitrogens is 2. The Morgan fingerprint density at radius 2 is 1.83 bits per heavy atom. The Morgan fingerprint density at radius 3 is 2.54 bits per heavy atom. The number of carbonyl (C=O) groups is 1. The summed E-state index contributed by atoms with van der Waals surface area (Å²) in [5.74, 6) is 2.70. The molecule has 0 spiro atoms. The molecule has 3 N–H and O–H groups in total. The zero-order valence-corrected chi connectivity index (χ0v) is 22.1. The predicted molar refractivity (Wildman–Crippen MR) is 145 cm³/mol. The minimum atomic E-state index is -0.111. The second kappa shape index (κ2) is 11.3. The van der Waals surface area contributed by atoms with Crippen LogP contribution in [0.2, 0.25) is 0 Å². The molecule has 2 aliphatic rings. The average molecular weight is 479 g/mol. The molecule has 0 radical (unpaired) electrons. The summed E-state index contributed by atoms with van der Waals surface area (Å²) in [6.07, 6.45) is 8.89. The van der Waals surface area contributed by atoms with Gasteiger partial charge >= 0.3 is 6.03 Å². The molecule has 1 heterocycles. The fraction of sp³-hybridized carbons (Fsp3) is 0.607. The van der Waals surface area contributed by atoms with Crippen LogP contribution < -0.4 is 20.9 Å². The second-order valence-electron chi connectivity index (χ2n) is 10.8. The van der Waals surface area contributed by atoms with Gasteiger partial charge in [-0.15, -0.1) is 0 Å². The Morgan fingerprint density at radius 1 is 1.09 bits per heavy atom. The van der Waals surface area contributed by atoms with Gasteiger partial charge in [-0.1, -0.05) is 32.0 Å². The van der Waals surface area contributed by atoms with Gasteiger partial charge in [0, 0.05) is 37.9 Å². The Kier molecular flexibility index (Phi) is 8.14. The number of anilines is 3. The molecule has 0 bridgehead atoms. The number of benzene rings is 1. The van der Waals surface area contributed by atoms with Crippen molar-refractivity contribution in [3.8, 4) is 0 Å². The summed E-state index contributed by atoms with van der Waals surface area (Å²) in [4.78, 5) is 24.5. The van der Waals surface area contributed by atoms with Crippen molar-refractivity contribution in [2.75, 3.05) is 36.2 Å². The number of nitrogens with zero attached hydrogens (tertiary/aromatic N) is 3. The zero-order valence-electron chi connectivity index (χ0n) is 22.1. The van der Waals surface area contributed by atoms with E-state index in [4.69, 9.17) is 9.97 Å². The average Bonchev–Trinajstić information content (AvgIpc) is 2.84. The molecule has 1 aromatic heterocycles. The third-order valence-electron chi connectivity index (χ3n) is 7.48. The number of nitrogens with one attached hydrogen (secondary N) is 3. The van der Waals surface area contributed by atoms with E-state index in [1.807, 2.05) is 13.0 Å². The number of rotatable bonds is 7. The van der Waals surface area contributed by atoms with Gasteiger partial charge in [0.1, 0.15) is 5.82 Å². The van der Waals surface area contributed by atoms with E-state index in [9.17, 15) is 4.79 Å². The lowest BCUT2D eigenvalue weighted by molar-refractivity contribution is 0.246. The topological polar surface area (TPSA) is 82.2 Å². The molecule has 190 valence electrons. The fourth-order valence-electron chi connectivity index (χ4n) is 5.44. The van der Waals surface area contributed by atoms with Crippen LogP contribution in [0, 0.1) is 12.8 Å². The van der Waals surface area contributed by atoms with Crippen molar-refractivity contribution in [1.82, 2.24) is 15.3 Å². The van der Waals surface area contributed by atoms with E-state index in [1.165, 1.54) is 29.7 Å². The molecule has 0 aliphatic heterocycles. The summed E-state index contributed by atoms with van der Waals surface area (Å²) >= 11 is 0. The molecule has 7 nitrogen and oxygen atoms in total. The van der Waals surface area contributed by atoms with Gasteiger partial charge in [0.05, 0.1) is 5.69 Å². The maximum absolute atomic E-state index is 12.6. The number of hydrogen-bond acceptors (Lipinski definition) is 5. The summed E-state index contributed by atoms with van der Waals surface area (Å²) in [6.45, 7) is 7.06. The van der Waals surface area contributed by atoms with Gasteiger partial charge in [-0.3, -0.25) is 0 Å². The van der Waals surface area contributed by atoms with Crippen molar-refractivity contribution in [2.45, 2.75) is 84.1 Å². The van der Waals surface area contributed by atoms with Crippen LogP contribution in [0.5, 0.6) is 0 Å². The largest absolute Gasteiger partial charge is 0.362 e. The van der Waals surface area contributed by atoms with Crippen molar-refractivity contribution in [1.29, 1.82) is 0 Å². The van der Waals surface area contributed by atoms with Gasteiger partial charge < -0.3 is 20.9 Å². The number of para-hydroxylation sites is 1. The normalized spacial score (nSPS) is 19.7. The van der Waals surface area contributed by atoms with Crippen molar-refractivity contribution < 1.29 is 4.79 Å². The van der Waals surface area contributed by atoms with Crippen LogP contribution in [0.25, 0.3) is 0 Å². The van der Waals surface area contributed by atoms with Gasteiger partial charge in [0.2, 0.25) is 5.95 Å². The monoisotopic (exact) mass is 478 g/mol. The third-order valence-corrected chi connectivity index (χ3v) is 7.48. The molecule has 35 heavy (non-hydrogen) atoms. The Balaban J connectivity index is 1.27. The molecule has 2 aromatic rings. The first-order chi connectivity index (χ1) is 16.8. The van der Waals surface area contributed by atoms with Crippen molar-refractivity contribution >= 4 is 23.5 Å². The van der Waals surface area contributed by atoms with E-state index in [-0.39, 0.29) is 6.03 Å². The van der Waals surface area contributed by atoms with Crippen LogP contribution in [0.4, 0.5) is 22.2 Å². The van der Waals surface area contributed by atoms with E-state index >= 15 is 0 Å². The summed E-state index contributed by atoms with van der Waals surface area (Å²) in [5.41, 5.74) is 5.75. The molecule has 1 aromatic carbocycles. The first-order valence-electron chi connectivity index (χ1n) is 13.3. The molecule has 4 rings (SSSR count). The highest BCUT2D eigenvalue weighted by Crippen LogP contribution is 2.31.